The summed E-state index contributed by atoms with van der Waals surface area (Å²) in [6.07, 6.45) is 2.99. The van der Waals surface area contributed by atoms with Crippen LogP contribution in [-0.2, 0) is 4.79 Å². The maximum absolute atomic E-state index is 12.0. The van der Waals surface area contributed by atoms with E-state index < -0.39 is 0 Å². The third-order valence-electron chi connectivity index (χ3n) is 2.85. The Hall–Kier alpha value is -2.39. The maximum atomic E-state index is 12.0. The third kappa shape index (κ3) is 5.24. The van der Waals surface area contributed by atoms with Crippen molar-refractivity contribution in [3.05, 3.63) is 29.6 Å². The van der Waals surface area contributed by atoms with Gasteiger partial charge in [-0.05, 0) is 19.9 Å². The van der Waals surface area contributed by atoms with Gasteiger partial charge < -0.3 is 16.0 Å². The first-order valence-electron chi connectivity index (χ1n) is 6.82. The van der Waals surface area contributed by atoms with Gasteiger partial charge in [-0.15, -0.1) is 0 Å². The highest BCUT2D eigenvalue weighted by Gasteiger charge is 2.12. The van der Waals surface area contributed by atoms with Crippen LogP contribution in [0.25, 0.3) is 0 Å². The molecular formula is C15H20N4O2. The van der Waals surface area contributed by atoms with Gasteiger partial charge in [-0.1, -0.05) is 11.8 Å². The Morgan fingerprint density at radius 2 is 2.05 bits per heavy atom. The lowest BCUT2D eigenvalue weighted by Gasteiger charge is -2.18. The lowest BCUT2D eigenvalue weighted by atomic mass is 10.2. The Labute approximate surface area is 124 Å². The molecule has 0 aromatic carbocycles. The predicted molar refractivity (Wildman–Crippen MR) is 80.4 cm³/mol. The van der Waals surface area contributed by atoms with Crippen LogP contribution in [0.4, 0.5) is 0 Å². The molecule has 0 radical (unpaired) electrons. The number of hydrogen-bond donors (Lipinski definition) is 2. The zero-order chi connectivity index (χ0) is 15.7. The number of pyridine rings is 1. The van der Waals surface area contributed by atoms with E-state index in [0.29, 0.717) is 24.2 Å². The molecule has 0 saturated heterocycles. The van der Waals surface area contributed by atoms with Gasteiger partial charge in [0.1, 0.15) is 0 Å². The molecule has 112 valence electrons. The third-order valence-corrected chi connectivity index (χ3v) is 2.85. The average Bonchev–Trinajstić information content (AvgIpc) is 2.52. The minimum Gasteiger partial charge on any atom is -0.343 e. The molecule has 0 saturated carbocycles. The van der Waals surface area contributed by atoms with Gasteiger partial charge in [0, 0.05) is 31.0 Å². The Morgan fingerprint density at radius 3 is 2.67 bits per heavy atom. The summed E-state index contributed by atoms with van der Waals surface area (Å²) in [5, 5.41) is 2.59. The molecule has 0 atom stereocenters. The summed E-state index contributed by atoms with van der Waals surface area (Å²) in [6.45, 7) is 5.25. The number of carbonyl (C=O) groups excluding carboxylic acids is 2. The molecule has 0 fully saturated rings. The van der Waals surface area contributed by atoms with Crippen LogP contribution >= 0.6 is 0 Å². The second-order valence-corrected chi connectivity index (χ2v) is 4.22. The van der Waals surface area contributed by atoms with E-state index in [9.17, 15) is 9.59 Å². The molecule has 6 heteroatoms. The number of carbonyl (C=O) groups is 2. The molecule has 6 nitrogen and oxygen atoms in total. The highest BCUT2D eigenvalue weighted by Crippen LogP contribution is 2.01. The monoisotopic (exact) mass is 288 g/mol. The fraction of sp³-hybridized carbons (Fsp3) is 0.400. The van der Waals surface area contributed by atoms with Crippen molar-refractivity contribution in [1.82, 2.24) is 15.2 Å². The zero-order valence-electron chi connectivity index (χ0n) is 12.3. The van der Waals surface area contributed by atoms with Crippen LogP contribution in [0.1, 0.15) is 29.8 Å². The topological polar surface area (TPSA) is 88.3 Å². The van der Waals surface area contributed by atoms with Crippen molar-refractivity contribution in [2.45, 2.75) is 13.8 Å². The fourth-order valence-corrected chi connectivity index (χ4v) is 1.73. The number of aromatic nitrogens is 1. The van der Waals surface area contributed by atoms with Crippen molar-refractivity contribution in [3.8, 4) is 11.8 Å². The van der Waals surface area contributed by atoms with Crippen molar-refractivity contribution in [2.75, 3.05) is 26.2 Å². The lowest BCUT2D eigenvalue weighted by Crippen LogP contribution is -2.40. The molecule has 0 unspecified atom stereocenters. The van der Waals surface area contributed by atoms with Gasteiger partial charge in [-0.3, -0.25) is 14.6 Å². The lowest BCUT2D eigenvalue weighted by molar-refractivity contribution is -0.129. The summed E-state index contributed by atoms with van der Waals surface area (Å²) in [5.41, 5.74) is 6.28. The maximum Gasteiger partial charge on any atom is 0.253 e. The molecule has 0 bridgehead atoms. The molecule has 1 aromatic rings. The predicted octanol–water partition coefficient (Wildman–Crippen LogP) is -0.01000. The Kier molecular flexibility index (Phi) is 6.92. The van der Waals surface area contributed by atoms with E-state index in [0.717, 1.165) is 0 Å². The Morgan fingerprint density at radius 1 is 1.33 bits per heavy atom. The van der Waals surface area contributed by atoms with Gasteiger partial charge in [0.2, 0.25) is 5.91 Å². The van der Waals surface area contributed by atoms with Crippen LogP contribution in [0.15, 0.2) is 18.5 Å². The zero-order valence-corrected chi connectivity index (χ0v) is 12.3. The van der Waals surface area contributed by atoms with Crippen LogP contribution < -0.4 is 11.1 Å². The first kappa shape index (κ1) is 16.7. The van der Waals surface area contributed by atoms with E-state index >= 15 is 0 Å². The molecule has 2 amide bonds. The highest BCUT2D eigenvalue weighted by molar-refractivity contribution is 5.96. The van der Waals surface area contributed by atoms with E-state index in [1.807, 2.05) is 13.8 Å². The van der Waals surface area contributed by atoms with E-state index in [1.165, 1.54) is 6.20 Å². The number of rotatable bonds is 5. The summed E-state index contributed by atoms with van der Waals surface area (Å²) < 4.78 is 0. The minimum absolute atomic E-state index is 0.0286. The highest BCUT2D eigenvalue weighted by atomic mass is 16.2. The summed E-state index contributed by atoms with van der Waals surface area (Å²) >= 11 is 0. The van der Waals surface area contributed by atoms with E-state index in [2.05, 4.69) is 22.1 Å². The number of nitrogens with two attached hydrogens (primary N) is 1. The van der Waals surface area contributed by atoms with E-state index in [4.69, 9.17) is 5.73 Å². The van der Waals surface area contributed by atoms with Gasteiger partial charge in [-0.25, -0.2) is 0 Å². The fourth-order valence-electron chi connectivity index (χ4n) is 1.73. The number of nitrogens with zero attached hydrogens (tertiary/aromatic N) is 2. The summed E-state index contributed by atoms with van der Waals surface area (Å²) in [5.74, 6) is 5.05. The van der Waals surface area contributed by atoms with Crippen LogP contribution in [0, 0.1) is 11.8 Å². The van der Waals surface area contributed by atoms with Crippen molar-refractivity contribution in [2.24, 2.45) is 5.73 Å². The largest absolute Gasteiger partial charge is 0.343 e. The molecule has 0 aliphatic heterocycles. The van der Waals surface area contributed by atoms with E-state index in [-0.39, 0.29) is 24.9 Å². The standard InChI is InChI=1S/C15H20N4O2/c1-3-19(4-2)14(20)11-18-15(21)13-8-12(6-5-7-16)9-17-10-13/h8-10H,3-4,7,11,16H2,1-2H3,(H,18,21). The second-order valence-electron chi connectivity index (χ2n) is 4.22. The summed E-state index contributed by atoms with van der Waals surface area (Å²) in [4.78, 5) is 29.4. The molecular weight excluding hydrogens is 268 g/mol. The van der Waals surface area contributed by atoms with Gasteiger partial charge in [0.25, 0.3) is 5.91 Å². The Bertz CT molecular complexity index is 556. The van der Waals surface area contributed by atoms with Crippen LogP contribution in [-0.4, -0.2) is 47.9 Å². The van der Waals surface area contributed by atoms with Gasteiger partial charge in [0.15, 0.2) is 0 Å². The molecule has 0 aliphatic rings. The van der Waals surface area contributed by atoms with Crippen molar-refractivity contribution in [3.63, 3.8) is 0 Å². The van der Waals surface area contributed by atoms with Crippen molar-refractivity contribution in [1.29, 1.82) is 0 Å². The van der Waals surface area contributed by atoms with Crippen molar-refractivity contribution < 1.29 is 9.59 Å². The molecule has 3 N–H and O–H groups in total. The van der Waals surface area contributed by atoms with E-state index in [1.54, 1.807) is 17.2 Å². The quantitative estimate of drug-likeness (QED) is 0.746. The van der Waals surface area contributed by atoms with Gasteiger partial charge >= 0.3 is 0 Å². The molecule has 1 heterocycles. The van der Waals surface area contributed by atoms with Crippen molar-refractivity contribution >= 4 is 11.8 Å². The molecule has 0 aliphatic carbocycles. The SMILES string of the molecule is CCN(CC)C(=O)CNC(=O)c1cncc(C#CCN)c1. The number of nitrogens with one attached hydrogen (secondary N) is 1. The van der Waals surface area contributed by atoms with Gasteiger partial charge in [-0.2, -0.15) is 0 Å². The average molecular weight is 288 g/mol. The smallest absolute Gasteiger partial charge is 0.253 e. The molecule has 1 aromatic heterocycles. The first-order valence-corrected chi connectivity index (χ1v) is 6.82. The van der Waals surface area contributed by atoms with Gasteiger partial charge in [0.05, 0.1) is 18.7 Å². The van der Waals surface area contributed by atoms with Crippen LogP contribution in [0.3, 0.4) is 0 Å². The number of hydrogen-bond acceptors (Lipinski definition) is 4. The summed E-state index contributed by atoms with van der Waals surface area (Å²) in [6, 6.07) is 1.62. The number of likely N-dealkylation sites (N-methyl/N-ethyl adjacent to an activating group) is 1. The Balaban J connectivity index is 2.66. The minimum atomic E-state index is -0.348. The van der Waals surface area contributed by atoms with Crippen LogP contribution in [0.5, 0.6) is 0 Å². The second kappa shape index (κ2) is 8.72. The summed E-state index contributed by atoms with van der Waals surface area (Å²) in [7, 11) is 0. The van der Waals surface area contributed by atoms with Crippen LogP contribution in [0.2, 0.25) is 0 Å². The molecule has 0 spiro atoms. The first-order chi connectivity index (χ1) is 10.1. The molecule has 21 heavy (non-hydrogen) atoms. The molecule has 1 rings (SSSR count). The normalized spacial score (nSPS) is 9.48. The number of amides is 2.